The molecule has 210 valence electrons. The summed E-state index contributed by atoms with van der Waals surface area (Å²) in [5.74, 6) is 1.55. The lowest BCUT2D eigenvalue weighted by Crippen LogP contribution is -2.48. The van der Waals surface area contributed by atoms with E-state index in [1.165, 1.54) is 11.1 Å². The topological polar surface area (TPSA) is 101 Å². The van der Waals surface area contributed by atoms with E-state index in [4.69, 9.17) is 9.47 Å². The Morgan fingerprint density at radius 2 is 1.85 bits per heavy atom. The third-order valence-electron chi connectivity index (χ3n) is 8.32. The molecular formula is C30H37N7O3. The summed E-state index contributed by atoms with van der Waals surface area (Å²) in [6.07, 6.45) is 2.12. The summed E-state index contributed by atoms with van der Waals surface area (Å²) < 4.78 is 13.0. The Morgan fingerprint density at radius 3 is 2.58 bits per heavy atom. The van der Waals surface area contributed by atoms with E-state index in [9.17, 15) is 4.79 Å². The fraction of sp³-hybridized carbons (Fsp3) is 0.467. The van der Waals surface area contributed by atoms with Crippen molar-refractivity contribution >= 4 is 10.9 Å². The number of fused-ring (bicyclic) bond motifs is 1. The van der Waals surface area contributed by atoms with Crippen molar-refractivity contribution in [3.8, 4) is 5.75 Å². The van der Waals surface area contributed by atoms with Crippen LogP contribution in [0.2, 0.25) is 0 Å². The monoisotopic (exact) mass is 543 g/mol. The number of aryl methyl sites for hydroxylation is 2. The number of ether oxygens (including phenoxy) is 2. The van der Waals surface area contributed by atoms with Gasteiger partial charge in [0.25, 0.3) is 5.56 Å². The fourth-order valence-electron chi connectivity index (χ4n) is 5.88. The number of piperazine rings is 1. The highest BCUT2D eigenvalue weighted by atomic mass is 16.5. The van der Waals surface area contributed by atoms with Gasteiger partial charge in [-0.05, 0) is 89.5 Å². The Labute approximate surface area is 233 Å². The van der Waals surface area contributed by atoms with E-state index in [-0.39, 0.29) is 17.7 Å². The Kier molecular flexibility index (Phi) is 7.64. The van der Waals surface area contributed by atoms with Gasteiger partial charge < -0.3 is 14.5 Å². The van der Waals surface area contributed by atoms with Crippen LogP contribution >= 0.6 is 0 Å². The maximum absolute atomic E-state index is 13.6. The van der Waals surface area contributed by atoms with E-state index in [0.29, 0.717) is 17.9 Å². The number of benzene rings is 2. The molecule has 2 aliphatic rings. The van der Waals surface area contributed by atoms with Crippen LogP contribution in [0.3, 0.4) is 0 Å². The quantitative estimate of drug-likeness (QED) is 0.362. The van der Waals surface area contributed by atoms with Crippen molar-refractivity contribution in [1.29, 1.82) is 0 Å². The Bertz CT molecular complexity index is 1520. The molecule has 0 saturated carbocycles. The summed E-state index contributed by atoms with van der Waals surface area (Å²) >= 11 is 0. The van der Waals surface area contributed by atoms with Crippen LogP contribution in [0.1, 0.15) is 47.0 Å². The number of methoxy groups -OCH3 is 1. The van der Waals surface area contributed by atoms with Crippen LogP contribution in [-0.2, 0) is 17.8 Å². The van der Waals surface area contributed by atoms with Crippen molar-refractivity contribution in [3.63, 3.8) is 0 Å². The number of tetrazole rings is 1. The predicted octanol–water partition coefficient (Wildman–Crippen LogP) is 3.23. The fourth-order valence-corrected chi connectivity index (χ4v) is 5.88. The van der Waals surface area contributed by atoms with Crippen LogP contribution in [-0.4, -0.2) is 81.0 Å². The van der Waals surface area contributed by atoms with E-state index in [2.05, 4.69) is 62.4 Å². The lowest BCUT2D eigenvalue weighted by Gasteiger charge is -2.38. The molecule has 4 heterocycles. The molecule has 0 unspecified atom stereocenters. The molecule has 2 saturated heterocycles. The second-order valence-electron chi connectivity index (χ2n) is 11.0. The van der Waals surface area contributed by atoms with Crippen LogP contribution < -0.4 is 10.3 Å². The van der Waals surface area contributed by atoms with Gasteiger partial charge in [0.05, 0.1) is 19.8 Å². The zero-order valence-corrected chi connectivity index (χ0v) is 23.5. The molecule has 2 aromatic carbocycles. The Morgan fingerprint density at radius 1 is 1.07 bits per heavy atom. The van der Waals surface area contributed by atoms with Gasteiger partial charge in [0.2, 0.25) is 0 Å². The lowest BCUT2D eigenvalue weighted by molar-refractivity contribution is 0.0840. The molecule has 0 bridgehead atoms. The molecule has 2 aromatic heterocycles. The van der Waals surface area contributed by atoms with Crippen molar-refractivity contribution in [3.05, 3.63) is 80.9 Å². The zero-order valence-electron chi connectivity index (χ0n) is 23.5. The maximum Gasteiger partial charge on any atom is 0.253 e. The maximum atomic E-state index is 13.6. The van der Waals surface area contributed by atoms with E-state index >= 15 is 0 Å². The molecular weight excluding hydrogens is 506 g/mol. The third kappa shape index (κ3) is 5.52. The molecule has 4 aromatic rings. The normalized spacial score (nSPS) is 19.3. The van der Waals surface area contributed by atoms with Gasteiger partial charge in [-0.25, -0.2) is 4.68 Å². The molecule has 0 radical (unpaired) electrons. The number of nitrogens with one attached hydrogen (secondary N) is 1. The minimum absolute atomic E-state index is 0.0877. The van der Waals surface area contributed by atoms with Gasteiger partial charge in [-0.2, -0.15) is 0 Å². The number of nitrogens with zero attached hydrogens (tertiary/aromatic N) is 6. The molecule has 10 nitrogen and oxygen atoms in total. The molecule has 0 aliphatic carbocycles. The van der Waals surface area contributed by atoms with Gasteiger partial charge in [-0.15, -0.1) is 5.10 Å². The van der Waals surface area contributed by atoms with E-state index in [1.54, 1.807) is 7.11 Å². The van der Waals surface area contributed by atoms with Crippen molar-refractivity contribution < 1.29 is 9.47 Å². The number of pyridine rings is 1. The number of aromatic nitrogens is 5. The van der Waals surface area contributed by atoms with Crippen molar-refractivity contribution in [2.45, 2.75) is 51.9 Å². The third-order valence-corrected chi connectivity index (χ3v) is 8.32. The molecule has 0 amide bonds. The highest BCUT2D eigenvalue weighted by Crippen LogP contribution is 2.29. The summed E-state index contributed by atoms with van der Waals surface area (Å²) in [6, 6.07) is 14.1. The molecule has 10 heteroatoms. The minimum atomic E-state index is -0.366. The first-order valence-corrected chi connectivity index (χ1v) is 14.1. The van der Waals surface area contributed by atoms with Gasteiger partial charge in [0, 0.05) is 50.4 Å². The van der Waals surface area contributed by atoms with Crippen LogP contribution in [0.25, 0.3) is 10.9 Å². The largest absolute Gasteiger partial charge is 0.497 e. The molecule has 2 fully saturated rings. The number of H-pyrrole nitrogens is 1. The van der Waals surface area contributed by atoms with E-state index < -0.39 is 0 Å². The van der Waals surface area contributed by atoms with Crippen LogP contribution in [0.15, 0.2) is 47.3 Å². The smallest absolute Gasteiger partial charge is 0.253 e. The molecule has 2 aliphatic heterocycles. The molecule has 1 N–H and O–H groups in total. The van der Waals surface area contributed by atoms with E-state index in [0.717, 1.165) is 74.4 Å². The van der Waals surface area contributed by atoms with Crippen molar-refractivity contribution in [1.82, 2.24) is 35.0 Å². The van der Waals surface area contributed by atoms with Gasteiger partial charge in [-0.3, -0.25) is 14.6 Å². The summed E-state index contributed by atoms with van der Waals surface area (Å²) in [6.45, 7) is 9.71. The van der Waals surface area contributed by atoms with Crippen molar-refractivity contribution in [2.75, 3.05) is 39.9 Å². The summed E-state index contributed by atoms with van der Waals surface area (Å²) in [5.41, 5.74) is 5.01. The number of aromatic amines is 1. The minimum Gasteiger partial charge on any atom is -0.497 e. The number of hydrogen-bond donors (Lipinski definition) is 1. The highest BCUT2D eigenvalue weighted by Gasteiger charge is 2.33. The first-order valence-electron chi connectivity index (χ1n) is 14.1. The summed E-state index contributed by atoms with van der Waals surface area (Å²) in [5, 5.41) is 13.9. The van der Waals surface area contributed by atoms with Gasteiger partial charge >= 0.3 is 0 Å². The Balaban J connectivity index is 1.30. The SMILES string of the molecule is COc1ccc(CN2CCN([C@H](c3cc4cc(C)c(C)cc4[nH]c3=O)c3nnnn3C[C@@H]3CCCO3)CC2)cc1. The number of hydrogen-bond acceptors (Lipinski definition) is 8. The second kappa shape index (κ2) is 11.5. The first kappa shape index (κ1) is 26.6. The number of rotatable bonds is 8. The lowest BCUT2D eigenvalue weighted by atomic mass is 10.00. The summed E-state index contributed by atoms with van der Waals surface area (Å²) in [7, 11) is 1.69. The average Bonchev–Trinajstić information content (AvgIpc) is 3.64. The van der Waals surface area contributed by atoms with Gasteiger partial charge in [0.1, 0.15) is 11.8 Å². The second-order valence-corrected chi connectivity index (χ2v) is 11.0. The first-order chi connectivity index (χ1) is 19.5. The molecule has 2 atom stereocenters. The van der Waals surface area contributed by atoms with Gasteiger partial charge in [0.15, 0.2) is 5.82 Å². The van der Waals surface area contributed by atoms with Crippen LogP contribution in [0, 0.1) is 13.8 Å². The van der Waals surface area contributed by atoms with Crippen molar-refractivity contribution in [2.24, 2.45) is 0 Å². The predicted molar refractivity (Wildman–Crippen MR) is 153 cm³/mol. The molecule has 40 heavy (non-hydrogen) atoms. The molecule has 6 rings (SSSR count). The van der Waals surface area contributed by atoms with Gasteiger partial charge in [-0.1, -0.05) is 12.1 Å². The Hall–Kier alpha value is -3.60. The van der Waals surface area contributed by atoms with E-state index in [1.807, 2.05) is 28.9 Å². The average molecular weight is 544 g/mol. The zero-order chi connectivity index (χ0) is 27.6. The summed E-state index contributed by atoms with van der Waals surface area (Å²) in [4.78, 5) is 21.6. The van der Waals surface area contributed by atoms with Crippen LogP contribution in [0.5, 0.6) is 5.75 Å². The van der Waals surface area contributed by atoms with Crippen LogP contribution in [0.4, 0.5) is 0 Å². The highest BCUT2D eigenvalue weighted by molar-refractivity contribution is 5.81. The molecule has 0 spiro atoms. The standard InChI is InChI=1S/C30H37N7O3/c1-20-15-23-17-26(30(38)31-27(23)16-21(20)2)28(29-32-33-34-37(29)19-25-5-4-14-40-25)36-12-10-35(11-13-36)18-22-6-8-24(39-3)9-7-22/h6-9,15-17,25,28H,4-5,10-14,18-19H2,1-3H3,(H,31,38)/t25-,28+/m0/s1.